The molecule has 25 heavy (non-hydrogen) atoms. The Morgan fingerprint density at radius 3 is 3.08 bits per heavy atom. The lowest BCUT2D eigenvalue weighted by Crippen LogP contribution is -2.31. The van der Waals surface area contributed by atoms with Crippen molar-refractivity contribution in [1.82, 2.24) is 20.7 Å². The van der Waals surface area contributed by atoms with E-state index in [1.807, 2.05) is 30.3 Å². The maximum atomic E-state index is 11.8. The summed E-state index contributed by atoms with van der Waals surface area (Å²) in [4.78, 5) is 22.5. The molecule has 128 valence electrons. The van der Waals surface area contributed by atoms with Gasteiger partial charge in [0.15, 0.2) is 5.84 Å². The van der Waals surface area contributed by atoms with E-state index in [-0.39, 0.29) is 12.0 Å². The van der Waals surface area contributed by atoms with E-state index >= 15 is 0 Å². The van der Waals surface area contributed by atoms with Crippen LogP contribution in [-0.2, 0) is 4.79 Å². The van der Waals surface area contributed by atoms with E-state index in [0.717, 1.165) is 22.9 Å². The normalized spacial score (nSPS) is 19.6. The molecule has 1 aromatic heterocycles. The molecule has 0 saturated carbocycles. The molecule has 7 heteroatoms. The first-order valence-corrected chi connectivity index (χ1v) is 8.26. The van der Waals surface area contributed by atoms with Crippen LogP contribution in [0.25, 0.3) is 10.8 Å². The molecule has 0 aliphatic carbocycles. The number of carbonyl (C=O) groups excluding carboxylic acids is 1. The van der Waals surface area contributed by atoms with Crippen LogP contribution in [0, 0.1) is 0 Å². The second-order valence-corrected chi connectivity index (χ2v) is 6.02. The molecule has 2 aliphatic rings. The minimum atomic E-state index is -0.0772. The monoisotopic (exact) mass is 337 g/mol. The third-order valence-electron chi connectivity index (χ3n) is 4.38. The number of amidine groups is 1. The highest BCUT2D eigenvalue weighted by Gasteiger charge is 2.27. The average Bonchev–Trinajstić information content (AvgIpc) is 3.33. The van der Waals surface area contributed by atoms with Crippen molar-refractivity contribution in [2.24, 2.45) is 4.99 Å². The number of ether oxygens (including phenoxy) is 1. The van der Waals surface area contributed by atoms with Gasteiger partial charge in [-0.2, -0.15) is 0 Å². The number of likely N-dealkylation sites (tertiary alicyclic amines) is 1. The SMILES string of the molecule is C=CC(=O)N1CCC(Oc2nc(C3=NCNN3)cc3ccccc23)C1. The number of hydrogen-bond donors (Lipinski definition) is 2. The summed E-state index contributed by atoms with van der Waals surface area (Å²) in [5.41, 5.74) is 6.69. The largest absolute Gasteiger partial charge is 0.472 e. The number of benzene rings is 1. The summed E-state index contributed by atoms with van der Waals surface area (Å²) < 4.78 is 6.17. The number of fused-ring (bicyclic) bond motifs is 1. The Labute approximate surface area is 145 Å². The number of aromatic nitrogens is 1. The number of pyridine rings is 1. The molecular formula is C18H19N5O2. The zero-order valence-electron chi connectivity index (χ0n) is 13.7. The minimum absolute atomic E-state index is 0.0618. The number of amides is 1. The first-order valence-electron chi connectivity index (χ1n) is 8.26. The number of aliphatic imine (C=N–C) groups is 1. The van der Waals surface area contributed by atoms with Gasteiger partial charge in [0, 0.05) is 18.4 Å². The van der Waals surface area contributed by atoms with Crippen LogP contribution in [0.1, 0.15) is 12.1 Å². The molecule has 3 heterocycles. The fourth-order valence-electron chi connectivity index (χ4n) is 3.12. The van der Waals surface area contributed by atoms with Crippen LogP contribution in [0.2, 0.25) is 0 Å². The summed E-state index contributed by atoms with van der Waals surface area (Å²) in [6.07, 6.45) is 2.04. The van der Waals surface area contributed by atoms with E-state index in [1.54, 1.807) is 4.90 Å². The Kier molecular flexibility index (Phi) is 4.07. The van der Waals surface area contributed by atoms with Crippen molar-refractivity contribution in [3.8, 4) is 5.88 Å². The van der Waals surface area contributed by atoms with Crippen molar-refractivity contribution >= 4 is 22.5 Å². The molecule has 1 atom stereocenters. The Balaban J connectivity index is 1.64. The number of nitrogens with one attached hydrogen (secondary N) is 2. The lowest BCUT2D eigenvalue weighted by molar-refractivity contribution is -0.125. The van der Waals surface area contributed by atoms with Crippen LogP contribution in [-0.4, -0.2) is 47.5 Å². The number of carbonyl (C=O) groups is 1. The predicted octanol–water partition coefficient (Wildman–Crippen LogP) is 1.21. The van der Waals surface area contributed by atoms with E-state index < -0.39 is 0 Å². The van der Waals surface area contributed by atoms with Crippen molar-refractivity contribution in [1.29, 1.82) is 0 Å². The molecule has 1 aromatic carbocycles. The Morgan fingerprint density at radius 1 is 1.40 bits per heavy atom. The average molecular weight is 337 g/mol. The second kappa shape index (κ2) is 6.52. The van der Waals surface area contributed by atoms with Crippen LogP contribution < -0.4 is 15.6 Å². The van der Waals surface area contributed by atoms with Crippen molar-refractivity contribution in [2.75, 3.05) is 19.8 Å². The zero-order chi connectivity index (χ0) is 17.2. The molecule has 2 aliphatic heterocycles. The highest BCUT2D eigenvalue weighted by atomic mass is 16.5. The molecular weight excluding hydrogens is 318 g/mol. The molecule has 2 N–H and O–H groups in total. The van der Waals surface area contributed by atoms with Crippen LogP contribution in [0.4, 0.5) is 0 Å². The molecule has 0 radical (unpaired) electrons. The van der Waals surface area contributed by atoms with Crippen molar-refractivity contribution < 1.29 is 9.53 Å². The Morgan fingerprint density at radius 2 is 2.28 bits per heavy atom. The molecule has 0 spiro atoms. The number of nitrogens with zero attached hydrogens (tertiary/aromatic N) is 3. The molecule has 7 nitrogen and oxygen atoms in total. The van der Waals surface area contributed by atoms with Crippen LogP contribution in [0.15, 0.2) is 48.0 Å². The number of hydrogen-bond acceptors (Lipinski definition) is 6. The smallest absolute Gasteiger partial charge is 0.246 e. The van der Waals surface area contributed by atoms with E-state index in [9.17, 15) is 4.79 Å². The third kappa shape index (κ3) is 3.06. The first kappa shape index (κ1) is 15.6. The topological polar surface area (TPSA) is 78.9 Å². The quantitative estimate of drug-likeness (QED) is 0.820. The van der Waals surface area contributed by atoms with Crippen LogP contribution >= 0.6 is 0 Å². The van der Waals surface area contributed by atoms with E-state index in [4.69, 9.17) is 4.74 Å². The van der Waals surface area contributed by atoms with Gasteiger partial charge in [-0.1, -0.05) is 24.8 Å². The fraction of sp³-hybridized carbons (Fsp3) is 0.278. The molecule has 0 bridgehead atoms. The van der Waals surface area contributed by atoms with Gasteiger partial charge in [0.05, 0.1) is 6.54 Å². The van der Waals surface area contributed by atoms with Gasteiger partial charge in [0.1, 0.15) is 18.5 Å². The summed E-state index contributed by atoms with van der Waals surface area (Å²) in [7, 11) is 0. The van der Waals surface area contributed by atoms with Crippen molar-refractivity contribution in [2.45, 2.75) is 12.5 Å². The number of hydrazine groups is 1. The van der Waals surface area contributed by atoms with Gasteiger partial charge < -0.3 is 15.1 Å². The minimum Gasteiger partial charge on any atom is -0.472 e. The van der Waals surface area contributed by atoms with Crippen LogP contribution in [0.5, 0.6) is 5.88 Å². The summed E-state index contributed by atoms with van der Waals surface area (Å²) in [5.74, 6) is 1.21. The fourth-order valence-corrected chi connectivity index (χ4v) is 3.12. The molecule has 4 rings (SSSR count). The molecule has 1 saturated heterocycles. The van der Waals surface area contributed by atoms with E-state index in [1.165, 1.54) is 6.08 Å². The first-order chi connectivity index (χ1) is 12.2. The zero-order valence-corrected chi connectivity index (χ0v) is 13.7. The van der Waals surface area contributed by atoms with Crippen LogP contribution in [0.3, 0.4) is 0 Å². The van der Waals surface area contributed by atoms with Crippen molar-refractivity contribution in [3.63, 3.8) is 0 Å². The summed E-state index contributed by atoms with van der Waals surface area (Å²) >= 11 is 0. The lowest BCUT2D eigenvalue weighted by Gasteiger charge is -2.17. The third-order valence-corrected chi connectivity index (χ3v) is 4.38. The highest BCUT2D eigenvalue weighted by Crippen LogP contribution is 2.27. The maximum absolute atomic E-state index is 11.8. The standard InChI is InChI=1S/C18H19N5O2/c1-2-16(24)23-8-7-13(10-23)25-18-14-6-4-3-5-12(14)9-15(21-18)17-19-11-20-22-17/h2-6,9,13,20H,1,7-8,10-11H2,(H,19,22). The van der Waals surface area contributed by atoms with Gasteiger partial charge >= 0.3 is 0 Å². The number of rotatable bonds is 4. The van der Waals surface area contributed by atoms with Gasteiger partial charge in [0.25, 0.3) is 0 Å². The molecule has 1 amide bonds. The van der Waals surface area contributed by atoms with E-state index in [2.05, 4.69) is 27.4 Å². The summed E-state index contributed by atoms with van der Waals surface area (Å²) in [6.45, 7) is 5.28. The van der Waals surface area contributed by atoms with E-state index in [0.29, 0.717) is 31.5 Å². The Bertz CT molecular complexity index is 864. The van der Waals surface area contributed by atoms with Gasteiger partial charge in [-0.25, -0.2) is 15.4 Å². The molecule has 2 aromatic rings. The van der Waals surface area contributed by atoms with Gasteiger partial charge in [-0.15, -0.1) is 0 Å². The molecule has 1 fully saturated rings. The summed E-state index contributed by atoms with van der Waals surface area (Å²) in [6, 6.07) is 9.95. The second-order valence-electron chi connectivity index (χ2n) is 6.02. The van der Waals surface area contributed by atoms with Gasteiger partial charge in [-0.3, -0.25) is 4.79 Å². The van der Waals surface area contributed by atoms with Gasteiger partial charge in [0.2, 0.25) is 11.8 Å². The predicted molar refractivity (Wildman–Crippen MR) is 95.2 cm³/mol. The maximum Gasteiger partial charge on any atom is 0.246 e. The lowest BCUT2D eigenvalue weighted by atomic mass is 10.1. The summed E-state index contributed by atoms with van der Waals surface area (Å²) in [5, 5.41) is 1.99. The van der Waals surface area contributed by atoms with Crippen molar-refractivity contribution in [3.05, 3.63) is 48.7 Å². The highest BCUT2D eigenvalue weighted by molar-refractivity contribution is 6.01. The molecule has 1 unspecified atom stereocenters. The Hall–Kier alpha value is -2.93. The van der Waals surface area contributed by atoms with Gasteiger partial charge in [-0.05, 0) is 23.6 Å².